The van der Waals surface area contributed by atoms with E-state index in [1.807, 2.05) is 0 Å². The van der Waals surface area contributed by atoms with E-state index in [1.165, 1.54) is 0 Å². The molecule has 18 heavy (non-hydrogen) atoms. The van der Waals surface area contributed by atoms with Crippen LogP contribution in [0.4, 0.5) is 0 Å². The highest BCUT2D eigenvalue weighted by molar-refractivity contribution is 5.05. The van der Waals surface area contributed by atoms with Crippen LogP contribution in [0.25, 0.3) is 0 Å². The zero-order chi connectivity index (χ0) is 12.6. The van der Waals surface area contributed by atoms with E-state index in [-0.39, 0.29) is 17.8 Å². The van der Waals surface area contributed by atoms with Gasteiger partial charge in [-0.25, -0.2) is 0 Å². The van der Waals surface area contributed by atoms with Crippen molar-refractivity contribution in [2.45, 2.75) is 56.8 Å². The Bertz CT molecular complexity index is 307. The molecule has 0 N–H and O–H groups in total. The predicted molar refractivity (Wildman–Crippen MR) is 64.7 cm³/mol. The molecule has 102 valence electrons. The molecule has 1 saturated heterocycles. The summed E-state index contributed by atoms with van der Waals surface area (Å²) in [6, 6.07) is 0. The highest BCUT2D eigenvalue weighted by atomic mass is 16.7. The molecule has 0 radical (unpaired) electrons. The molecule has 5 nitrogen and oxygen atoms in total. The van der Waals surface area contributed by atoms with E-state index in [0.29, 0.717) is 11.8 Å². The van der Waals surface area contributed by atoms with Crippen molar-refractivity contribution in [1.29, 1.82) is 0 Å². The molecule has 0 amide bonds. The molecule has 0 aromatic heterocycles. The topological polar surface area (TPSA) is 61.6 Å². The minimum absolute atomic E-state index is 0.0395. The van der Waals surface area contributed by atoms with Gasteiger partial charge < -0.3 is 9.47 Å². The fraction of sp³-hybridized carbons (Fsp3) is 1.00. The Hall–Kier alpha value is -0.680. The molecule has 0 bridgehead atoms. The van der Waals surface area contributed by atoms with Gasteiger partial charge in [0.05, 0.1) is 0 Å². The molecule has 0 aromatic rings. The molecular formula is C13H21NO4. The third-order valence-electron chi connectivity index (χ3n) is 4.40. The summed E-state index contributed by atoms with van der Waals surface area (Å²) in [6.45, 7) is 0.691. The Morgan fingerprint density at radius 2 is 1.83 bits per heavy atom. The highest BCUT2D eigenvalue weighted by Crippen LogP contribution is 2.55. The molecule has 1 atom stereocenters. The lowest BCUT2D eigenvalue weighted by molar-refractivity contribution is -0.510. The van der Waals surface area contributed by atoms with E-state index in [9.17, 15) is 10.1 Å². The van der Waals surface area contributed by atoms with Gasteiger partial charge in [0.25, 0.3) is 0 Å². The molecule has 3 rings (SSSR count). The van der Waals surface area contributed by atoms with E-state index in [4.69, 9.17) is 9.47 Å². The van der Waals surface area contributed by atoms with Gasteiger partial charge in [-0.1, -0.05) is 0 Å². The van der Waals surface area contributed by atoms with E-state index in [0.717, 1.165) is 51.6 Å². The number of ether oxygens (including phenoxy) is 2. The molecule has 3 fully saturated rings. The Labute approximate surface area is 107 Å². The Kier molecular flexibility index (Phi) is 3.28. The smallest absolute Gasteiger partial charge is 0.233 e. The van der Waals surface area contributed by atoms with E-state index < -0.39 is 5.60 Å². The predicted octanol–water partition coefficient (Wildman–Crippen LogP) is 2.37. The van der Waals surface area contributed by atoms with Crippen molar-refractivity contribution in [2.24, 2.45) is 11.8 Å². The SMILES string of the molecule is O=[N+]([O-])CC(OC1CCCCO1)(C1CC1)C1CC1. The maximum Gasteiger partial charge on any atom is 0.233 e. The number of nitrogens with zero attached hydrogens (tertiary/aromatic N) is 1. The molecule has 0 spiro atoms. The lowest BCUT2D eigenvalue weighted by Crippen LogP contribution is -2.48. The van der Waals surface area contributed by atoms with Crippen LogP contribution in [0.3, 0.4) is 0 Å². The molecular weight excluding hydrogens is 234 g/mol. The van der Waals surface area contributed by atoms with Crippen molar-refractivity contribution in [3.63, 3.8) is 0 Å². The van der Waals surface area contributed by atoms with Crippen molar-refractivity contribution < 1.29 is 14.4 Å². The van der Waals surface area contributed by atoms with Gasteiger partial charge in [0.1, 0.15) is 5.60 Å². The maximum atomic E-state index is 11.0. The fourth-order valence-electron chi connectivity index (χ4n) is 3.22. The van der Waals surface area contributed by atoms with E-state index >= 15 is 0 Å². The summed E-state index contributed by atoms with van der Waals surface area (Å²) in [5.41, 5.74) is -0.522. The first-order valence-corrected chi connectivity index (χ1v) is 7.12. The van der Waals surface area contributed by atoms with Gasteiger partial charge in [-0.05, 0) is 56.8 Å². The quantitative estimate of drug-likeness (QED) is 0.540. The average Bonchev–Trinajstić information content (AvgIpc) is 3.18. The summed E-state index contributed by atoms with van der Waals surface area (Å²) in [5.74, 6) is 0.779. The van der Waals surface area contributed by atoms with Gasteiger partial charge in [0, 0.05) is 11.5 Å². The van der Waals surface area contributed by atoms with Crippen molar-refractivity contribution in [3.8, 4) is 0 Å². The molecule has 2 saturated carbocycles. The summed E-state index contributed by atoms with van der Waals surface area (Å²) in [7, 11) is 0. The standard InChI is InChI=1S/C13H21NO4/c15-14(16)9-13(10-4-5-10,11-6-7-11)18-12-3-1-2-8-17-12/h10-12H,1-9H2. The molecule has 1 unspecified atom stereocenters. The minimum atomic E-state index is -0.522. The first kappa shape index (κ1) is 12.4. The first-order valence-electron chi connectivity index (χ1n) is 7.12. The molecule has 5 heteroatoms. The number of hydrogen-bond donors (Lipinski definition) is 0. The second kappa shape index (κ2) is 4.78. The van der Waals surface area contributed by atoms with E-state index in [2.05, 4.69) is 0 Å². The number of nitro groups is 1. The van der Waals surface area contributed by atoms with Crippen LogP contribution in [0, 0.1) is 22.0 Å². The average molecular weight is 255 g/mol. The van der Waals surface area contributed by atoms with Gasteiger partial charge >= 0.3 is 0 Å². The van der Waals surface area contributed by atoms with Crippen LogP contribution in [0.1, 0.15) is 44.9 Å². The summed E-state index contributed by atoms with van der Waals surface area (Å²) in [5, 5.41) is 11.0. The summed E-state index contributed by atoms with van der Waals surface area (Å²) in [6.07, 6.45) is 7.19. The van der Waals surface area contributed by atoms with Crippen LogP contribution in [0.5, 0.6) is 0 Å². The summed E-state index contributed by atoms with van der Waals surface area (Å²) in [4.78, 5) is 10.8. The van der Waals surface area contributed by atoms with Crippen molar-refractivity contribution in [1.82, 2.24) is 0 Å². The number of rotatable bonds is 6. The van der Waals surface area contributed by atoms with Crippen LogP contribution >= 0.6 is 0 Å². The van der Waals surface area contributed by atoms with Gasteiger partial charge in [0.15, 0.2) is 6.29 Å². The zero-order valence-electron chi connectivity index (χ0n) is 10.7. The fourth-order valence-corrected chi connectivity index (χ4v) is 3.22. The summed E-state index contributed by atoms with van der Waals surface area (Å²) >= 11 is 0. The Morgan fingerprint density at radius 1 is 1.17 bits per heavy atom. The van der Waals surface area contributed by atoms with Crippen LogP contribution in [-0.4, -0.2) is 30.0 Å². The minimum Gasteiger partial charge on any atom is -0.353 e. The Morgan fingerprint density at radius 3 is 2.28 bits per heavy atom. The highest BCUT2D eigenvalue weighted by Gasteiger charge is 2.59. The summed E-state index contributed by atoms with van der Waals surface area (Å²) < 4.78 is 11.8. The molecule has 1 heterocycles. The third-order valence-corrected chi connectivity index (χ3v) is 4.40. The third kappa shape index (κ3) is 2.52. The molecule has 0 aromatic carbocycles. The van der Waals surface area contributed by atoms with Gasteiger partial charge in [-0.15, -0.1) is 0 Å². The zero-order valence-corrected chi connectivity index (χ0v) is 10.7. The van der Waals surface area contributed by atoms with Crippen molar-refractivity contribution in [2.75, 3.05) is 13.2 Å². The van der Waals surface area contributed by atoms with Gasteiger partial charge in [0.2, 0.25) is 6.54 Å². The lowest BCUT2D eigenvalue weighted by atomic mass is 9.91. The first-order chi connectivity index (χ1) is 8.71. The van der Waals surface area contributed by atoms with Crippen LogP contribution in [-0.2, 0) is 9.47 Å². The molecule has 2 aliphatic carbocycles. The van der Waals surface area contributed by atoms with Crippen molar-refractivity contribution in [3.05, 3.63) is 10.1 Å². The largest absolute Gasteiger partial charge is 0.353 e. The van der Waals surface area contributed by atoms with Crippen LogP contribution in [0.2, 0.25) is 0 Å². The monoisotopic (exact) mass is 255 g/mol. The number of hydrogen-bond acceptors (Lipinski definition) is 4. The lowest BCUT2D eigenvalue weighted by Gasteiger charge is -2.36. The molecule has 1 aliphatic heterocycles. The molecule has 3 aliphatic rings. The van der Waals surface area contributed by atoms with Gasteiger partial charge in [-0.3, -0.25) is 10.1 Å². The van der Waals surface area contributed by atoms with Crippen molar-refractivity contribution >= 4 is 0 Å². The second-order valence-corrected chi connectivity index (χ2v) is 5.91. The normalized spacial score (nSPS) is 29.2. The van der Waals surface area contributed by atoms with Crippen LogP contribution < -0.4 is 0 Å². The van der Waals surface area contributed by atoms with E-state index in [1.54, 1.807) is 0 Å². The van der Waals surface area contributed by atoms with Gasteiger partial charge in [-0.2, -0.15) is 0 Å². The van der Waals surface area contributed by atoms with Crippen LogP contribution in [0.15, 0.2) is 0 Å². The maximum absolute atomic E-state index is 11.0. The second-order valence-electron chi connectivity index (χ2n) is 5.91. The Balaban J connectivity index is 1.72.